The molecule has 0 aromatic carbocycles. The summed E-state index contributed by atoms with van der Waals surface area (Å²) in [6.07, 6.45) is 0. The largest absolute Gasteiger partial charge is 0.366 e. The van der Waals surface area contributed by atoms with Gasteiger partial charge in [0.15, 0.2) is 0 Å². The zero-order valence-electron chi connectivity index (χ0n) is 3.24. The van der Waals surface area contributed by atoms with E-state index in [0.717, 1.165) is 7.11 Å². The van der Waals surface area contributed by atoms with Crippen LogP contribution in [0.4, 0.5) is 8.78 Å². The lowest BCUT2D eigenvalue weighted by Gasteiger charge is -2.03. The van der Waals surface area contributed by atoms with Crippen LogP contribution >= 0.6 is 9.24 Å². The minimum absolute atomic E-state index is 0.938. The fraction of sp³-hybridized carbons (Fsp3) is 1.00. The van der Waals surface area contributed by atoms with Gasteiger partial charge < -0.3 is 4.74 Å². The molecule has 1 unspecified atom stereocenters. The fourth-order valence-corrected chi connectivity index (χ4v) is 0. The monoisotopic (exact) mass is 114 g/mol. The van der Waals surface area contributed by atoms with Crippen molar-refractivity contribution in [2.24, 2.45) is 0 Å². The lowest BCUT2D eigenvalue weighted by Crippen LogP contribution is -2.05. The molecule has 0 aromatic heterocycles. The molecule has 0 aliphatic carbocycles. The molecule has 0 spiro atoms. The Morgan fingerprint density at radius 1 is 1.67 bits per heavy atom. The van der Waals surface area contributed by atoms with E-state index in [0.29, 0.717) is 0 Å². The molecule has 0 amide bonds. The highest BCUT2D eigenvalue weighted by atomic mass is 31.0. The topological polar surface area (TPSA) is 9.23 Å². The second-order valence-electron chi connectivity index (χ2n) is 0.766. The average Bonchev–Trinajstić information content (AvgIpc) is 1.35. The van der Waals surface area contributed by atoms with Gasteiger partial charge in [0.05, 0.1) is 0 Å². The van der Waals surface area contributed by atoms with Crippen molar-refractivity contribution in [3.63, 3.8) is 0 Å². The van der Waals surface area contributed by atoms with E-state index >= 15 is 0 Å². The maximum Gasteiger partial charge on any atom is 0.366 e. The molecule has 0 N–H and O–H groups in total. The summed E-state index contributed by atoms with van der Waals surface area (Å²) < 4.78 is 26.0. The van der Waals surface area contributed by atoms with E-state index in [4.69, 9.17) is 0 Å². The molecule has 0 saturated carbocycles. The van der Waals surface area contributed by atoms with Crippen molar-refractivity contribution in [3.05, 3.63) is 0 Å². The standard InChI is InChI=1S/C2H5F2OP/c1-5-2(3,4)6/h6H2,1H3. The van der Waals surface area contributed by atoms with Crippen LogP contribution in [0.2, 0.25) is 0 Å². The second kappa shape index (κ2) is 1.80. The number of hydrogen-bond donors (Lipinski definition) is 0. The summed E-state index contributed by atoms with van der Waals surface area (Å²) >= 11 is 0. The van der Waals surface area contributed by atoms with E-state index in [1.54, 1.807) is 0 Å². The molecule has 0 aromatic rings. The predicted octanol–water partition coefficient (Wildman–Crippen LogP) is 1.06. The molecular formula is C2H5F2OP. The van der Waals surface area contributed by atoms with Crippen molar-refractivity contribution >= 4 is 9.24 Å². The van der Waals surface area contributed by atoms with Gasteiger partial charge in [-0.05, 0) is 9.24 Å². The third-order valence-electron chi connectivity index (χ3n) is 0.272. The Labute approximate surface area is 36.9 Å². The number of hydrogen-bond acceptors (Lipinski definition) is 1. The predicted molar refractivity (Wildman–Crippen MR) is 21.7 cm³/mol. The molecule has 0 fully saturated rings. The minimum Gasteiger partial charge on any atom is -0.321 e. The first-order valence-electron chi connectivity index (χ1n) is 1.28. The Kier molecular flexibility index (Phi) is 1.88. The van der Waals surface area contributed by atoms with Crippen LogP contribution in [0.1, 0.15) is 0 Å². The molecule has 38 valence electrons. The van der Waals surface area contributed by atoms with Gasteiger partial charge in [-0.1, -0.05) is 0 Å². The summed E-state index contributed by atoms with van der Waals surface area (Å²) in [5, 5.41) is 0. The van der Waals surface area contributed by atoms with Gasteiger partial charge >= 0.3 is 5.85 Å². The molecule has 1 atom stereocenters. The number of alkyl halides is 2. The Morgan fingerprint density at radius 2 is 1.83 bits per heavy atom. The maximum atomic E-state index is 11.2. The Bertz CT molecular complexity index is 41.3. The molecule has 0 aliphatic rings. The highest BCUT2D eigenvalue weighted by Gasteiger charge is 2.17. The first-order valence-corrected chi connectivity index (χ1v) is 1.86. The van der Waals surface area contributed by atoms with Crippen LogP contribution in [-0.4, -0.2) is 13.0 Å². The highest BCUT2D eigenvalue weighted by molar-refractivity contribution is 7.17. The number of halogens is 2. The van der Waals surface area contributed by atoms with Crippen molar-refractivity contribution in [1.82, 2.24) is 0 Å². The van der Waals surface area contributed by atoms with Gasteiger partial charge in [0.1, 0.15) is 0 Å². The molecular weight excluding hydrogens is 109 g/mol. The summed E-state index contributed by atoms with van der Waals surface area (Å²) in [5.74, 6) is -3.04. The molecule has 0 bridgehead atoms. The van der Waals surface area contributed by atoms with Crippen molar-refractivity contribution in [2.75, 3.05) is 7.11 Å². The Morgan fingerprint density at radius 3 is 1.83 bits per heavy atom. The maximum absolute atomic E-state index is 11.2. The van der Waals surface area contributed by atoms with Crippen LogP contribution in [0.5, 0.6) is 0 Å². The van der Waals surface area contributed by atoms with Gasteiger partial charge in [-0.25, -0.2) is 0 Å². The molecule has 0 radical (unpaired) electrons. The molecule has 0 rings (SSSR count). The molecule has 1 nitrogen and oxygen atoms in total. The first-order chi connectivity index (χ1) is 2.56. The van der Waals surface area contributed by atoms with E-state index in [1.807, 2.05) is 0 Å². The van der Waals surface area contributed by atoms with Crippen molar-refractivity contribution in [2.45, 2.75) is 5.85 Å². The Balaban J connectivity index is 3.17. The normalized spacial score (nSPS) is 12.0. The van der Waals surface area contributed by atoms with Crippen LogP contribution in [-0.2, 0) is 4.74 Å². The van der Waals surface area contributed by atoms with Crippen LogP contribution in [0.3, 0.4) is 0 Å². The van der Waals surface area contributed by atoms with Gasteiger partial charge in [0.2, 0.25) is 0 Å². The zero-order valence-corrected chi connectivity index (χ0v) is 4.40. The van der Waals surface area contributed by atoms with E-state index in [9.17, 15) is 8.78 Å². The van der Waals surface area contributed by atoms with Crippen LogP contribution in [0.25, 0.3) is 0 Å². The SMILES string of the molecule is COC(F)(F)P. The van der Waals surface area contributed by atoms with E-state index in [-0.39, 0.29) is 0 Å². The molecule has 6 heavy (non-hydrogen) atoms. The minimum atomic E-state index is -3.04. The van der Waals surface area contributed by atoms with Crippen LogP contribution < -0.4 is 0 Å². The Hall–Kier alpha value is 0.250. The van der Waals surface area contributed by atoms with Crippen molar-refractivity contribution in [1.29, 1.82) is 0 Å². The third kappa shape index (κ3) is 4.25. The zero-order chi connectivity index (χ0) is 5.21. The fourth-order valence-electron chi connectivity index (χ4n) is 0. The molecule has 0 aliphatic heterocycles. The molecule has 0 saturated heterocycles. The summed E-state index contributed by atoms with van der Waals surface area (Å²) in [6.45, 7) is 0. The molecule has 4 heteroatoms. The van der Waals surface area contributed by atoms with Gasteiger partial charge in [-0.3, -0.25) is 0 Å². The van der Waals surface area contributed by atoms with Gasteiger partial charge in [0.25, 0.3) is 0 Å². The lowest BCUT2D eigenvalue weighted by atomic mass is 11.4. The second-order valence-corrected chi connectivity index (χ2v) is 1.44. The van der Waals surface area contributed by atoms with Crippen LogP contribution in [0, 0.1) is 0 Å². The average molecular weight is 114 g/mol. The number of rotatable bonds is 1. The first kappa shape index (κ1) is 6.25. The summed E-state index contributed by atoms with van der Waals surface area (Å²) in [5.41, 5.74) is 0. The quantitative estimate of drug-likeness (QED) is 0.463. The van der Waals surface area contributed by atoms with E-state index in [2.05, 4.69) is 4.74 Å². The summed E-state index contributed by atoms with van der Waals surface area (Å²) in [6, 6.07) is 0. The van der Waals surface area contributed by atoms with Gasteiger partial charge in [0, 0.05) is 7.11 Å². The van der Waals surface area contributed by atoms with Crippen molar-refractivity contribution in [3.8, 4) is 0 Å². The van der Waals surface area contributed by atoms with Gasteiger partial charge in [-0.2, -0.15) is 8.78 Å². The van der Waals surface area contributed by atoms with E-state index in [1.165, 1.54) is 9.24 Å². The highest BCUT2D eigenvalue weighted by Crippen LogP contribution is 2.20. The number of methoxy groups -OCH3 is 1. The third-order valence-corrected chi connectivity index (χ3v) is 0.508. The van der Waals surface area contributed by atoms with Crippen molar-refractivity contribution < 1.29 is 13.5 Å². The summed E-state index contributed by atoms with van der Waals surface area (Å²) in [4.78, 5) is 0. The van der Waals surface area contributed by atoms with Crippen LogP contribution in [0.15, 0.2) is 0 Å². The lowest BCUT2D eigenvalue weighted by molar-refractivity contribution is -0.141. The summed E-state index contributed by atoms with van der Waals surface area (Å²) in [7, 11) is 2.17. The number of ether oxygens (including phenoxy) is 1. The smallest absolute Gasteiger partial charge is 0.321 e. The van der Waals surface area contributed by atoms with E-state index < -0.39 is 5.85 Å². The van der Waals surface area contributed by atoms with Gasteiger partial charge in [-0.15, -0.1) is 0 Å². The molecule has 0 heterocycles.